The van der Waals surface area contributed by atoms with E-state index in [1.807, 2.05) is 13.8 Å². The van der Waals surface area contributed by atoms with Crippen LogP contribution in [0.15, 0.2) is 18.2 Å². The summed E-state index contributed by atoms with van der Waals surface area (Å²) in [6.07, 6.45) is 0. The van der Waals surface area contributed by atoms with Gasteiger partial charge in [-0.25, -0.2) is 9.37 Å². The molecule has 2 heterocycles. The van der Waals surface area contributed by atoms with Crippen molar-refractivity contribution in [2.45, 2.75) is 13.8 Å². The lowest BCUT2D eigenvalue weighted by Crippen LogP contribution is -2.23. The Morgan fingerprint density at radius 3 is 2.50 bits per heavy atom. The summed E-state index contributed by atoms with van der Waals surface area (Å²) in [5.41, 5.74) is 1.58. The molecule has 0 saturated heterocycles. The number of imidazole rings is 1. The monoisotopic (exact) mass is 425 g/mol. The van der Waals surface area contributed by atoms with Crippen molar-refractivity contribution < 1.29 is 13.9 Å². The van der Waals surface area contributed by atoms with Crippen LogP contribution in [0.1, 0.15) is 24.2 Å². The molecule has 0 atom stereocenters. The highest BCUT2D eigenvalue weighted by Crippen LogP contribution is 2.34. The van der Waals surface area contributed by atoms with E-state index in [-0.39, 0.29) is 21.8 Å². The lowest BCUT2D eigenvalue weighted by molar-refractivity contribution is 0.0951. The van der Waals surface area contributed by atoms with Gasteiger partial charge in [0.25, 0.3) is 5.91 Å². The minimum absolute atomic E-state index is 0.114. The van der Waals surface area contributed by atoms with Gasteiger partial charge in [0.15, 0.2) is 5.65 Å². The van der Waals surface area contributed by atoms with Gasteiger partial charge in [-0.05, 0) is 32.0 Å². The smallest absolute Gasteiger partial charge is 0.256 e. The topological polar surface area (TPSA) is 81.1 Å². The molecule has 0 spiro atoms. The molecule has 1 aromatic carbocycles. The number of hydrogen-bond donors (Lipinski definition) is 2. The molecule has 0 aliphatic heterocycles. The Hall–Kier alpha value is -2.58. The summed E-state index contributed by atoms with van der Waals surface area (Å²) < 4.78 is 20.6. The summed E-state index contributed by atoms with van der Waals surface area (Å²) in [7, 11) is 1.73. The number of nitrogens with one attached hydrogen (secondary N) is 2. The number of nitrogens with zero attached hydrogens (tertiary/aromatic N) is 3. The summed E-state index contributed by atoms with van der Waals surface area (Å²) in [6, 6.07) is 3.91. The van der Waals surface area contributed by atoms with Crippen molar-refractivity contribution in [1.29, 1.82) is 0 Å². The van der Waals surface area contributed by atoms with Gasteiger partial charge in [-0.3, -0.25) is 9.36 Å². The third-order valence-corrected chi connectivity index (χ3v) is 4.51. The number of benzene rings is 1. The third-order valence-electron chi connectivity index (χ3n) is 3.92. The molecule has 0 radical (unpaired) electrons. The Balaban J connectivity index is 2.09. The fourth-order valence-electron chi connectivity index (χ4n) is 2.65. The van der Waals surface area contributed by atoms with E-state index >= 15 is 0 Å². The Morgan fingerprint density at radius 1 is 1.21 bits per heavy atom. The zero-order valence-corrected chi connectivity index (χ0v) is 17.0. The second kappa shape index (κ2) is 8.20. The van der Waals surface area contributed by atoms with Crippen LogP contribution in [0, 0.1) is 5.82 Å². The quantitative estimate of drug-likeness (QED) is 0.614. The fourth-order valence-corrected chi connectivity index (χ4v) is 3.20. The summed E-state index contributed by atoms with van der Waals surface area (Å²) in [5, 5.41) is 5.95. The molecule has 0 aliphatic rings. The number of carbonyl (C=O) groups excluding carboxylic acids is 1. The minimum atomic E-state index is -0.542. The van der Waals surface area contributed by atoms with Crippen LogP contribution in [-0.4, -0.2) is 33.6 Å². The first-order valence-corrected chi connectivity index (χ1v) is 9.31. The molecule has 0 fully saturated rings. The number of halogens is 3. The lowest BCUT2D eigenvalue weighted by atomic mass is 10.2. The summed E-state index contributed by atoms with van der Waals surface area (Å²) in [4.78, 5) is 21.2. The Bertz CT molecular complexity index is 1030. The number of rotatable bonds is 6. The van der Waals surface area contributed by atoms with Crippen molar-refractivity contribution in [3.8, 4) is 5.88 Å². The first kappa shape index (κ1) is 20.2. The van der Waals surface area contributed by atoms with Gasteiger partial charge in [-0.2, -0.15) is 4.98 Å². The number of anilines is 2. The van der Waals surface area contributed by atoms with Crippen LogP contribution >= 0.6 is 23.2 Å². The van der Waals surface area contributed by atoms with E-state index in [9.17, 15) is 9.18 Å². The highest BCUT2D eigenvalue weighted by atomic mass is 35.5. The van der Waals surface area contributed by atoms with Crippen LogP contribution in [0.25, 0.3) is 11.2 Å². The maximum atomic E-state index is 13.4. The number of amides is 1. The van der Waals surface area contributed by atoms with E-state index in [1.165, 1.54) is 0 Å². The van der Waals surface area contributed by atoms with Gasteiger partial charge in [0.1, 0.15) is 16.9 Å². The van der Waals surface area contributed by atoms with E-state index in [2.05, 4.69) is 20.6 Å². The highest BCUT2D eigenvalue weighted by molar-refractivity contribution is 6.39. The summed E-state index contributed by atoms with van der Waals surface area (Å²) >= 11 is 12.2. The predicted octanol–water partition coefficient (Wildman–Crippen LogP) is 4.31. The van der Waals surface area contributed by atoms with Crippen LogP contribution in [0.4, 0.5) is 16.0 Å². The van der Waals surface area contributed by atoms with Gasteiger partial charge in [-0.15, -0.1) is 0 Å². The molecule has 3 rings (SSSR count). The van der Waals surface area contributed by atoms with E-state index < -0.39 is 5.82 Å². The standard InChI is InChI=1S/C18H18Cl2FN5O2/c1-4-22-16(27)10-8-13-15(25-17(10)28-5-2)26(3)18(23-13)24-14-11(19)6-9(21)7-12(14)20/h6-8H,4-5H2,1-3H3,(H,22,27)(H,23,24). The molecule has 0 unspecified atom stereocenters. The summed E-state index contributed by atoms with van der Waals surface area (Å²) in [6.45, 7) is 4.46. The van der Waals surface area contributed by atoms with Crippen LogP contribution < -0.4 is 15.4 Å². The second-order valence-electron chi connectivity index (χ2n) is 5.84. The van der Waals surface area contributed by atoms with Crippen molar-refractivity contribution in [2.75, 3.05) is 18.5 Å². The molecule has 2 N–H and O–H groups in total. The minimum Gasteiger partial charge on any atom is -0.477 e. The SMILES string of the molecule is CCNC(=O)c1cc2nc(Nc3c(Cl)cc(F)cc3Cl)n(C)c2nc1OCC. The number of hydrogen-bond acceptors (Lipinski definition) is 5. The number of carbonyl (C=O) groups is 1. The maximum Gasteiger partial charge on any atom is 0.256 e. The van der Waals surface area contributed by atoms with Crippen LogP contribution in [0.2, 0.25) is 10.0 Å². The Kier molecular flexibility index (Phi) is 5.90. The predicted molar refractivity (Wildman–Crippen MR) is 107 cm³/mol. The van der Waals surface area contributed by atoms with E-state index in [0.717, 1.165) is 12.1 Å². The number of ether oxygens (including phenoxy) is 1. The van der Waals surface area contributed by atoms with Crippen LogP contribution in [0.3, 0.4) is 0 Å². The van der Waals surface area contributed by atoms with Gasteiger partial charge in [-0.1, -0.05) is 23.2 Å². The van der Waals surface area contributed by atoms with Crippen LogP contribution in [-0.2, 0) is 7.05 Å². The normalized spacial score (nSPS) is 10.9. The van der Waals surface area contributed by atoms with E-state index in [1.54, 1.807) is 17.7 Å². The van der Waals surface area contributed by atoms with Crippen molar-refractivity contribution in [2.24, 2.45) is 7.05 Å². The van der Waals surface area contributed by atoms with Crippen molar-refractivity contribution in [3.63, 3.8) is 0 Å². The first-order chi connectivity index (χ1) is 13.3. The van der Waals surface area contributed by atoms with Crippen molar-refractivity contribution >= 4 is 51.9 Å². The van der Waals surface area contributed by atoms with E-state index in [0.29, 0.717) is 41.5 Å². The average molecular weight is 426 g/mol. The molecular formula is C18H18Cl2FN5O2. The number of pyridine rings is 1. The molecular weight excluding hydrogens is 408 g/mol. The van der Waals surface area contributed by atoms with Gasteiger partial charge < -0.3 is 15.4 Å². The lowest BCUT2D eigenvalue weighted by Gasteiger charge is -2.10. The molecule has 1 amide bonds. The largest absolute Gasteiger partial charge is 0.477 e. The molecule has 7 nitrogen and oxygen atoms in total. The van der Waals surface area contributed by atoms with E-state index in [4.69, 9.17) is 27.9 Å². The van der Waals surface area contributed by atoms with Gasteiger partial charge >= 0.3 is 0 Å². The highest BCUT2D eigenvalue weighted by Gasteiger charge is 2.20. The fraction of sp³-hybridized carbons (Fsp3) is 0.278. The average Bonchev–Trinajstić information content (AvgIpc) is 2.93. The maximum absolute atomic E-state index is 13.4. The molecule has 0 aliphatic carbocycles. The summed E-state index contributed by atoms with van der Waals surface area (Å²) in [5.74, 6) is -0.257. The molecule has 148 valence electrons. The van der Waals surface area contributed by atoms with Crippen LogP contribution in [0.5, 0.6) is 5.88 Å². The number of aromatic nitrogens is 3. The van der Waals surface area contributed by atoms with Crippen molar-refractivity contribution in [1.82, 2.24) is 19.9 Å². The molecule has 3 aromatic rings. The molecule has 28 heavy (non-hydrogen) atoms. The third kappa shape index (κ3) is 3.83. The molecule has 2 aromatic heterocycles. The second-order valence-corrected chi connectivity index (χ2v) is 6.65. The first-order valence-electron chi connectivity index (χ1n) is 8.55. The van der Waals surface area contributed by atoms with Gasteiger partial charge in [0, 0.05) is 13.6 Å². The van der Waals surface area contributed by atoms with Crippen molar-refractivity contribution in [3.05, 3.63) is 39.6 Å². The molecule has 0 saturated carbocycles. The molecule has 10 heteroatoms. The molecule has 0 bridgehead atoms. The van der Waals surface area contributed by atoms with Gasteiger partial charge in [0.2, 0.25) is 11.8 Å². The zero-order chi connectivity index (χ0) is 20.4. The Morgan fingerprint density at radius 2 is 1.89 bits per heavy atom. The van der Waals surface area contributed by atoms with Gasteiger partial charge in [0.05, 0.1) is 22.3 Å². The Labute approximate surface area is 170 Å². The zero-order valence-electron chi connectivity index (χ0n) is 15.4. The number of fused-ring (bicyclic) bond motifs is 1. The number of aryl methyl sites for hydroxylation is 1.